The second kappa shape index (κ2) is 1.48. The first-order valence-electron chi connectivity index (χ1n) is 1.63. The highest BCUT2D eigenvalue weighted by Gasteiger charge is 1.91. The summed E-state index contributed by atoms with van der Waals surface area (Å²) in [6.07, 6.45) is 1.74. The standard InChI is InChI=1S/C3H2BClN/c5-3-1-2-4-6-3/h1-2H. The second-order valence-corrected chi connectivity index (χ2v) is 1.35. The molecule has 3 heteroatoms. The summed E-state index contributed by atoms with van der Waals surface area (Å²) in [5.74, 6) is 1.79. The molecule has 1 aliphatic rings. The molecule has 0 atom stereocenters. The van der Waals surface area contributed by atoms with Crippen LogP contribution in [-0.4, -0.2) is 12.6 Å². The van der Waals surface area contributed by atoms with Crippen LogP contribution in [-0.2, 0) is 0 Å². The molecule has 0 saturated carbocycles. The molecule has 0 N–H and O–H groups in total. The number of rotatable bonds is 0. The lowest BCUT2D eigenvalue weighted by Crippen LogP contribution is -1.70. The number of halogens is 1. The number of hydrogen-bond acceptors (Lipinski definition) is 1. The van der Waals surface area contributed by atoms with E-state index in [4.69, 9.17) is 11.6 Å². The molecule has 0 aliphatic carbocycles. The van der Waals surface area contributed by atoms with Crippen molar-refractivity contribution in [3.8, 4) is 0 Å². The lowest BCUT2D eigenvalue weighted by molar-refractivity contribution is 1.92. The molecule has 0 fully saturated rings. The lowest BCUT2D eigenvalue weighted by Gasteiger charge is -1.69. The first-order valence-corrected chi connectivity index (χ1v) is 2.00. The maximum atomic E-state index is 5.34. The molecule has 1 rings (SSSR count). The molecule has 1 heterocycles. The van der Waals surface area contributed by atoms with E-state index in [1.807, 2.05) is 0 Å². The molecular formula is C3H2BClN. The van der Waals surface area contributed by atoms with Crippen LogP contribution in [0.15, 0.2) is 17.0 Å². The molecule has 0 bridgehead atoms. The van der Waals surface area contributed by atoms with Crippen molar-refractivity contribution in [1.29, 1.82) is 0 Å². The zero-order chi connectivity index (χ0) is 4.41. The fourth-order valence-electron chi connectivity index (χ4n) is 0.280. The van der Waals surface area contributed by atoms with Crippen molar-refractivity contribution in [3.05, 3.63) is 12.1 Å². The largest absolute Gasteiger partial charge is 0.333 e. The van der Waals surface area contributed by atoms with Crippen LogP contribution in [0.25, 0.3) is 0 Å². The van der Waals surface area contributed by atoms with Crippen molar-refractivity contribution < 1.29 is 0 Å². The lowest BCUT2D eigenvalue weighted by atomic mass is 10.00. The Kier molecular flexibility index (Phi) is 0.969. The molecule has 0 unspecified atom stereocenters. The molecule has 0 amide bonds. The minimum Gasteiger partial charge on any atom is -0.333 e. The SMILES string of the molecule is ClC1=N[B]C=C1. The van der Waals surface area contributed by atoms with E-state index in [-0.39, 0.29) is 0 Å². The third-order valence-corrected chi connectivity index (χ3v) is 0.741. The van der Waals surface area contributed by atoms with E-state index >= 15 is 0 Å². The van der Waals surface area contributed by atoms with Crippen LogP contribution in [0.2, 0.25) is 0 Å². The van der Waals surface area contributed by atoms with Crippen LogP contribution < -0.4 is 0 Å². The van der Waals surface area contributed by atoms with Crippen molar-refractivity contribution in [2.45, 2.75) is 0 Å². The molecular weight excluding hydrogens is 96.3 g/mol. The molecule has 1 aliphatic heterocycles. The summed E-state index contributed by atoms with van der Waals surface area (Å²) in [5, 5.41) is 0.565. The zero-order valence-electron chi connectivity index (χ0n) is 3.06. The third kappa shape index (κ3) is 0.629. The van der Waals surface area contributed by atoms with Gasteiger partial charge in [-0.3, -0.25) is 0 Å². The topological polar surface area (TPSA) is 12.4 Å². The van der Waals surface area contributed by atoms with Gasteiger partial charge in [0.2, 0.25) is 0 Å². The van der Waals surface area contributed by atoms with E-state index in [1.165, 1.54) is 0 Å². The molecule has 1 radical (unpaired) electrons. The van der Waals surface area contributed by atoms with Gasteiger partial charge in [0.05, 0.1) is 0 Å². The van der Waals surface area contributed by atoms with E-state index in [1.54, 1.807) is 19.5 Å². The van der Waals surface area contributed by atoms with Crippen molar-refractivity contribution in [2.24, 2.45) is 4.90 Å². The highest BCUT2D eigenvalue weighted by molar-refractivity contribution is 6.73. The Bertz CT molecular complexity index is 105. The molecule has 1 nitrogen and oxygen atoms in total. The van der Waals surface area contributed by atoms with Gasteiger partial charge in [-0.15, -0.1) is 0 Å². The summed E-state index contributed by atoms with van der Waals surface area (Å²) in [6, 6.07) is 0. The van der Waals surface area contributed by atoms with Gasteiger partial charge in [-0.05, 0) is 6.08 Å². The molecule has 0 aromatic carbocycles. The summed E-state index contributed by atoms with van der Waals surface area (Å²) in [7, 11) is 1.66. The highest BCUT2D eigenvalue weighted by atomic mass is 35.5. The minimum absolute atomic E-state index is 0.565. The van der Waals surface area contributed by atoms with Crippen LogP contribution in [0.5, 0.6) is 0 Å². The smallest absolute Gasteiger partial charge is 0.306 e. The Hall–Kier alpha value is -0.235. The van der Waals surface area contributed by atoms with Gasteiger partial charge >= 0.3 is 7.41 Å². The molecule has 29 valence electrons. The molecule has 0 aromatic rings. The maximum Gasteiger partial charge on any atom is 0.306 e. The zero-order valence-corrected chi connectivity index (χ0v) is 3.81. The van der Waals surface area contributed by atoms with Gasteiger partial charge in [0.15, 0.2) is 0 Å². The Morgan fingerprint density at radius 2 is 2.67 bits per heavy atom. The summed E-state index contributed by atoms with van der Waals surface area (Å²) in [6.45, 7) is 0. The van der Waals surface area contributed by atoms with Gasteiger partial charge in [-0.25, -0.2) is 0 Å². The molecule has 0 aromatic heterocycles. The Balaban J connectivity index is 2.68. The second-order valence-electron chi connectivity index (χ2n) is 0.960. The van der Waals surface area contributed by atoms with Crippen molar-refractivity contribution >= 4 is 24.2 Å². The van der Waals surface area contributed by atoms with E-state index < -0.39 is 0 Å². The normalized spacial score (nSPS) is 17.2. The van der Waals surface area contributed by atoms with Gasteiger partial charge in [0, 0.05) is 0 Å². The first kappa shape index (κ1) is 3.94. The molecule has 0 saturated heterocycles. The predicted octanol–water partition coefficient (Wildman–Crippen LogP) is 0.770. The van der Waals surface area contributed by atoms with Crippen molar-refractivity contribution in [3.63, 3.8) is 0 Å². The average molecular weight is 98.3 g/mol. The van der Waals surface area contributed by atoms with Gasteiger partial charge in [0.1, 0.15) is 5.17 Å². The predicted molar refractivity (Wildman–Crippen MR) is 28.2 cm³/mol. The quantitative estimate of drug-likeness (QED) is 0.397. The van der Waals surface area contributed by atoms with Gasteiger partial charge in [-0.2, -0.15) is 0 Å². The van der Waals surface area contributed by atoms with Gasteiger partial charge in [-0.1, -0.05) is 17.6 Å². The fraction of sp³-hybridized carbons (Fsp3) is 0. The third-order valence-electron chi connectivity index (χ3n) is 0.518. The summed E-state index contributed by atoms with van der Waals surface area (Å²) >= 11 is 5.34. The Morgan fingerprint density at radius 3 is 2.83 bits per heavy atom. The fourth-order valence-corrected chi connectivity index (χ4v) is 0.409. The van der Waals surface area contributed by atoms with Crippen LogP contribution in [0.1, 0.15) is 0 Å². The Labute approximate surface area is 42.0 Å². The van der Waals surface area contributed by atoms with E-state index in [0.717, 1.165) is 0 Å². The minimum atomic E-state index is 0.565. The van der Waals surface area contributed by atoms with Crippen LogP contribution >= 0.6 is 11.6 Å². The van der Waals surface area contributed by atoms with Crippen molar-refractivity contribution in [2.75, 3.05) is 0 Å². The van der Waals surface area contributed by atoms with Gasteiger partial charge < -0.3 is 4.90 Å². The first-order chi connectivity index (χ1) is 2.89. The number of nitrogens with zero attached hydrogens (tertiary/aromatic N) is 1. The van der Waals surface area contributed by atoms with E-state index in [2.05, 4.69) is 4.90 Å². The van der Waals surface area contributed by atoms with E-state index in [9.17, 15) is 0 Å². The Morgan fingerprint density at radius 1 is 1.83 bits per heavy atom. The molecule has 0 spiro atoms. The summed E-state index contributed by atoms with van der Waals surface area (Å²) < 4.78 is 0. The monoisotopic (exact) mass is 98.0 g/mol. The van der Waals surface area contributed by atoms with Gasteiger partial charge in [0.25, 0.3) is 0 Å². The summed E-state index contributed by atoms with van der Waals surface area (Å²) in [4.78, 5) is 3.68. The maximum absolute atomic E-state index is 5.34. The summed E-state index contributed by atoms with van der Waals surface area (Å²) in [5.41, 5.74) is 0. The van der Waals surface area contributed by atoms with E-state index in [0.29, 0.717) is 5.17 Å². The van der Waals surface area contributed by atoms with Crippen LogP contribution in [0, 0.1) is 0 Å². The van der Waals surface area contributed by atoms with Crippen LogP contribution in [0.3, 0.4) is 0 Å². The van der Waals surface area contributed by atoms with Crippen LogP contribution in [0.4, 0.5) is 0 Å². The molecule has 6 heavy (non-hydrogen) atoms. The van der Waals surface area contributed by atoms with Crippen molar-refractivity contribution in [1.82, 2.24) is 0 Å². The number of hydrogen-bond donors (Lipinski definition) is 0. The average Bonchev–Trinajstić information content (AvgIpc) is 1.86. The number of allylic oxidation sites excluding steroid dienone is 1. The highest BCUT2D eigenvalue weighted by Crippen LogP contribution is 1.93.